The minimum absolute atomic E-state index is 0.287. The van der Waals surface area contributed by atoms with Gasteiger partial charge in [0.15, 0.2) is 5.13 Å². The fourth-order valence-electron chi connectivity index (χ4n) is 1.89. The zero-order valence-corrected chi connectivity index (χ0v) is 12.9. The summed E-state index contributed by atoms with van der Waals surface area (Å²) in [7, 11) is 0. The molecule has 0 aliphatic carbocycles. The van der Waals surface area contributed by atoms with Crippen molar-refractivity contribution in [2.24, 2.45) is 0 Å². The van der Waals surface area contributed by atoms with Crippen molar-refractivity contribution in [2.45, 2.75) is 13.8 Å². The number of aryl methyl sites for hydroxylation is 1. The molecule has 0 fully saturated rings. The molecular weight excluding hydrogens is 298 g/mol. The van der Waals surface area contributed by atoms with Gasteiger partial charge in [0.25, 0.3) is 5.91 Å². The molecule has 0 saturated heterocycles. The molecule has 0 saturated carbocycles. The largest absolute Gasteiger partial charge is 0.296 e. The number of carbonyl (C=O) groups is 1. The maximum absolute atomic E-state index is 12.3. The number of hydrogen-bond acceptors (Lipinski definition) is 6. The van der Waals surface area contributed by atoms with Crippen molar-refractivity contribution < 1.29 is 4.79 Å². The number of carbonyl (C=O) groups excluding carboxylic acids is 1. The Labute approximate surface area is 131 Å². The number of nitrogens with zero attached hydrogens (tertiary/aromatic N) is 4. The third-order valence-electron chi connectivity index (χ3n) is 3.20. The Kier molecular flexibility index (Phi) is 3.88. The van der Waals surface area contributed by atoms with E-state index in [4.69, 9.17) is 0 Å². The van der Waals surface area contributed by atoms with E-state index >= 15 is 0 Å². The summed E-state index contributed by atoms with van der Waals surface area (Å²) < 4.78 is 0. The Bertz CT molecular complexity index is 816. The minimum atomic E-state index is -0.287. The van der Waals surface area contributed by atoms with Crippen LogP contribution >= 0.6 is 11.3 Å². The number of hydrogen-bond donors (Lipinski definition) is 1. The van der Waals surface area contributed by atoms with Crippen LogP contribution in [0.15, 0.2) is 36.1 Å². The second-order valence-electron chi connectivity index (χ2n) is 4.64. The van der Waals surface area contributed by atoms with Gasteiger partial charge in [-0.25, -0.2) is 15.0 Å². The van der Waals surface area contributed by atoms with E-state index in [1.165, 1.54) is 17.7 Å². The van der Waals surface area contributed by atoms with Crippen LogP contribution in [0, 0.1) is 13.8 Å². The second-order valence-corrected chi connectivity index (χ2v) is 5.50. The summed E-state index contributed by atoms with van der Waals surface area (Å²) in [5.74, 6) is -0.287. The van der Waals surface area contributed by atoms with Gasteiger partial charge in [0.2, 0.25) is 0 Å². The highest BCUT2D eigenvalue weighted by atomic mass is 32.1. The number of aromatic nitrogens is 4. The Balaban J connectivity index is 1.81. The van der Waals surface area contributed by atoms with Crippen molar-refractivity contribution >= 4 is 22.4 Å². The van der Waals surface area contributed by atoms with Crippen LogP contribution in [0.5, 0.6) is 0 Å². The number of thiazole rings is 1. The molecule has 0 unspecified atom stereocenters. The summed E-state index contributed by atoms with van der Waals surface area (Å²) in [6, 6.07) is 5.62. The van der Waals surface area contributed by atoms with Gasteiger partial charge in [0.1, 0.15) is 17.7 Å². The van der Waals surface area contributed by atoms with Crippen LogP contribution in [0.3, 0.4) is 0 Å². The normalized spacial score (nSPS) is 10.5. The zero-order chi connectivity index (χ0) is 15.5. The smallest absolute Gasteiger partial charge is 0.276 e. The minimum Gasteiger partial charge on any atom is -0.296 e. The fourth-order valence-corrected chi connectivity index (χ4v) is 2.59. The van der Waals surface area contributed by atoms with Gasteiger partial charge in [-0.05, 0) is 26.0 Å². The Hall–Kier alpha value is -2.67. The molecule has 3 rings (SSSR count). The summed E-state index contributed by atoms with van der Waals surface area (Å²) in [4.78, 5) is 29.0. The van der Waals surface area contributed by atoms with E-state index in [-0.39, 0.29) is 5.91 Å². The van der Waals surface area contributed by atoms with Crippen molar-refractivity contribution in [3.8, 4) is 11.4 Å². The monoisotopic (exact) mass is 311 g/mol. The summed E-state index contributed by atoms with van der Waals surface area (Å²) in [5.41, 5.74) is 3.42. The van der Waals surface area contributed by atoms with Gasteiger partial charge in [-0.2, -0.15) is 0 Å². The highest BCUT2D eigenvalue weighted by Crippen LogP contribution is 2.23. The molecule has 1 N–H and O–H groups in total. The number of anilines is 1. The van der Waals surface area contributed by atoms with Crippen LogP contribution in [0.4, 0.5) is 5.13 Å². The van der Waals surface area contributed by atoms with Crippen molar-refractivity contribution in [2.75, 3.05) is 5.32 Å². The van der Waals surface area contributed by atoms with Gasteiger partial charge in [0, 0.05) is 22.8 Å². The highest BCUT2D eigenvalue weighted by Gasteiger charge is 2.15. The highest BCUT2D eigenvalue weighted by molar-refractivity contribution is 7.14. The van der Waals surface area contributed by atoms with E-state index < -0.39 is 0 Å². The first kappa shape index (κ1) is 14.3. The molecule has 0 atom stereocenters. The molecule has 3 heterocycles. The van der Waals surface area contributed by atoms with Gasteiger partial charge >= 0.3 is 0 Å². The molecular formula is C15H13N5OS. The maximum Gasteiger partial charge on any atom is 0.276 e. The van der Waals surface area contributed by atoms with E-state index in [9.17, 15) is 4.79 Å². The van der Waals surface area contributed by atoms with E-state index in [1.807, 2.05) is 37.4 Å². The summed E-state index contributed by atoms with van der Waals surface area (Å²) in [6.45, 7) is 3.67. The molecule has 0 bridgehead atoms. The Morgan fingerprint density at radius 1 is 1.14 bits per heavy atom. The van der Waals surface area contributed by atoms with E-state index in [2.05, 4.69) is 25.3 Å². The predicted octanol–water partition coefficient (Wildman–Crippen LogP) is 2.86. The van der Waals surface area contributed by atoms with Gasteiger partial charge < -0.3 is 0 Å². The summed E-state index contributed by atoms with van der Waals surface area (Å²) >= 11 is 1.35. The van der Waals surface area contributed by atoms with E-state index in [0.29, 0.717) is 10.8 Å². The predicted molar refractivity (Wildman–Crippen MR) is 84.8 cm³/mol. The molecule has 0 radical (unpaired) electrons. The van der Waals surface area contributed by atoms with Crippen molar-refractivity contribution in [1.29, 1.82) is 0 Å². The Morgan fingerprint density at radius 2 is 2.00 bits per heavy atom. The van der Waals surface area contributed by atoms with Crippen molar-refractivity contribution in [3.63, 3.8) is 0 Å². The van der Waals surface area contributed by atoms with Crippen LogP contribution in [0.25, 0.3) is 11.4 Å². The molecule has 3 aromatic rings. The molecule has 7 heteroatoms. The second kappa shape index (κ2) is 5.98. The first-order valence-electron chi connectivity index (χ1n) is 6.61. The van der Waals surface area contributed by atoms with Gasteiger partial charge in [-0.3, -0.25) is 15.1 Å². The molecule has 3 aromatic heterocycles. The van der Waals surface area contributed by atoms with E-state index in [0.717, 1.165) is 22.6 Å². The number of rotatable bonds is 3. The zero-order valence-electron chi connectivity index (χ0n) is 12.1. The third kappa shape index (κ3) is 2.84. The first-order valence-corrected chi connectivity index (χ1v) is 7.49. The lowest BCUT2D eigenvalue weighted by Crippen LogP contribution is -2.16. The first-order chi connectivity index (χ1) is 10.6. The van der Waals surface area contributed by atoms with E-state index in [1.54, 1.807) is 6.20 Å². The number of amides is 1. The molecule has 1 amide bonds. The molecule has 22 heavy (non-hydrogen) atoms. The van der Waals surface area contributed by atoms with Crippen LogP contribution in [-0.4, -0.2) is 25.8 Å². The van der Waals surface area contributed by atoms with Crippen molar-refractivity contribution in [1.82, 2.24) is 19.9 Å². The average Bonchev–Trinajstić information content (AvgIpc) is 2.99. The van der Waals surface area contributed by atoms with Gasteiger partial charge in [-0.15, -0.1) is 11.3 Å². The molecule has 0 spiro atoms. The topological polar surface area (TPSA) is 80.7 Å². The lowest BCUT2D eigenvalue weighted by atomic mass is 10.2. The maximum atomic E-state index is 12.3. The fraction of sp³-hybridized carbons (Fsp3) is 0.133. The standard InChI is InChI=1S/C15H13N5OS/c1-9-10(2)17-8-18-13(9)14(21)20-15-19-12(7-22-15)11-5-3-4-6-16-11/h3-8H,1-2H3,(H,19,20,21). The third-order valence-corrected chi connectivity index (χ3v) is 3.96. The number of pyridine rings is 1. The van der Waals surface area contributed by atoms with Crippen LogP contribution in [-0.2, 0) is 0 Å². The SMILES string of the molecule is Cc1ncnc(C(=O)Nc2nc(-c3ccccn3)cs2)c1C. The van der Waals surface area contributed by atoms with Gasteiger partial charge in [0.05, 0.1) is 5.69 Å². The molecule has 110 valence electrons. The lowest BCUT2D eigenvalue weighted by molar-refractivity contribution is 0.102. The quantitative estimate of drug-likeness (QED) is 0.804. The van der Waals surface area contributed by atoms with Crippen molar-refractivity contribution in [3.05, 3.63) is 53.1 Å². The molecule has 0 aliphatic heterocycles. The molecule has 6 nitrogen and oxygen atoms in total. The summed E-state index contributed by atoms with van der Waals surface area (Å²) in [6.07, 6.45) is 3.10. The van der Waals surface area contributed by atoms with Crippen LogP contribution in [0.1, 0.15) is 21.7 Å². The van der Waals surface area contributed by atoms with Gasteiger partial charge in [-0.1, -0.05) is 6.07 Å². The van der Waals surface area contributed by atoms with Crippen LogP contribution in [0.2, 0.25) is 0 Å². The molecule has 0 aromatic carbocycles. The van der Waals surface area contributed by atoms with Crippen LogP contribution < -0.4 is 5.32 Å². The number of nitrogens with one attached hydrogen (secondary N) is 1. The molecule has 0 aliphatic rings. The Morgan fingerprint density at radius 3 is 2.77 bits per heavy atom. The summed E-state index contributed by atoms with van der Waals surface area (Å²) in [5, 5.41) is 5.14. The average molecular weight is 311 g/mol. The lowest BCUT2D eigenvalue weighted by Gasteiger charge is -2.05.